The van der Waals surface area contributed by atoms with Crippen LogP contribution in [0.15, 0.2) is 24.3 Å². The summed E-state index contributed by atoms with van der Waals surface area (Å²) < 4.78 is 4.03. The summed E-state index contributed by atoms with van der Waals surface area (Å²) in [6, 6.07) is 9.50. The largest absolute Gasteiger partial charge is 0.337 e. The first kappa shape index (κ1) is 20.2. The summed E-state index contributed by atoms with van der Waals surface area (Å²) in [5.41, 5.74) is 3.99. The molecule has 0 saturated carbocycles. The molecule has 4 aromatic heterocycles. The van der Waals surface area contributed by atoms with Gasteiger partial charge in [0.05, 0.1) is 14.5 Å². The van der Waals surface area contributed by atoms with Crippen molar-refractivity contribution >= 4 is 92.3 Å². The summed E-state index contributed by atoms with van der Waals surface area (Å²) in [5.74, 6) is 0.172. The van der Waals surface area contributed by atoms with Crippen LogP contribution in [0, 0.1) is 27.7 Å². The minimum Gasteiger partial charge on any atom is -0.337 e. The number of nitrogens with zero attached hydrogens (tertiary/aromatic N) is 1. The van der Waals surface area contributed by atoms with Gasteiger partial charge in [0.2, 0.25) is 0 Å². The molecule has 164 valence electrons. The van der Waals surface area contributed by atoms with Gasteiger partial charge in [0.25, 0.3) is 5.91 Å². The van der Waals surface area contributed by atoms with Gasteiger partial charge in [-0.25, -0.2) is 0 Å². The monoisotopic (exact) mass is 503 g/mol. The summed E-state index contributed by atoms with van der Waals surface area (Å²) in [6.45, 7) is 9.68. The fourth-order valence-corrected chi connectivity index (χ4v) is 10.5. The van der Waals surface area contributed by atoms with E-state index in [4.69, 9.17) is 0 Å². The van der Waals surface area contributed by atoms with Crippen molar-refractivity contribution in [1.29, 1.82) is 0 Å². The van der Waals surface area contributed by atoms with Crippen molar-refractivity contribution in [1.82, 2.24) is 4.90 Å². The number of hydrogen-bond acceptors (Lipinski definition) is 5. The standard InChI is InChI=1S/C27H21NOS4/c1-11-6-17-12(2)16-8-21-18(13(3)15(16)7-20(17)30-11)9-22(32-21)25-26-23(14(4)31-25)19-10-28(5)27(29)24(19)33-26/h6-9H,10H2,1-5H3. The second-order valence-electron chi connectivity index (χ2n) is 9.15. The van der Waals surface area contributed by atoms with E-state index in [0.29, 0.717) is 0 Å². The Morgan fingerprint density at radius 3 is 2.15 bits per heavy atom. The van der Waals surface area contributed by atoms with E-state index < -0.39 is 0 Å². The molecule has 0 aliphatic carbocycles. The number of amides is 1. The number of benzene rings is 2. The fraction of sp³-hybridized carbons (Fsp3) is 0.222. The highest BCUT2D eigenvalue weighted by Gasteiger charge is 2.32. The maximum atomic E-state index is 12.6. The van der Waals surface area contributed by atoms with Crippen LogP contribution in [0.5, 0.6) is 0 Å². The van der Waals surface area contributed by atoms with Gasteiger partial charge in [-0.15, -0.1) is 45.3 Å². The lowest BCUT2D eigenvalue weighted by Crippen LogP contribution is -2.17. The highest BCUT2D eigenvalue weighted by atomic mass is 32.1. The molecule has 1 aliphatic heterocycles. The third-order valence-electron chi connectivity index (χ3n) is 7.08. The summed E-state index contributed by atoms with van der Waals surface area (Å²) in [5, 5.41) is 6.80. The van der Waals surface area contributed by atoms with E-state index in [-0.39, 0.29) is 5.91 Å². The maximum absolute atomic E-state index is 12.6. The zero-order valence-electron chi connectivity index (χ0n) is 19.0. The molecule has 1 amide bonds. The number of thiophene rings is 4. The first-order valence-electron chi connectivity index (χ1n) is 11.0. The van der Waals surface area contributed by atoms with Gasteiger partial charge in [0, 0.05) is 48.6 Å². The van der Waals surface area contributed by atoms with Crippen molar-refractivity contribution in [2.75, 3.05) is 7.05 Å². The van der Waals surface area contributed by atoms with Crippen molar-refractivity contribution in [3.8, 4) is 9.75 Å². The highest BCUT2D eigenvalue weighted by molar-refractivity contribution is 7.31. The molecule has 2 aromatic carbocycles. The molecule has 0 bridgehead atoms. The lowest BCUT2D eigenvalue weighted by molar-refractivity contribution is 0.0820. The number of hydrogen-bond donors (Lipinski definition) is 0. The summed E-state index contributed by atoms with van der Waals surface area (Å²) in [6.07, 6.45) is 0. The Labute approximate surface area is 207 Å². The van der Waals surface area contributed by atoms with Gasteiger partial charge in [-0.2, -0.15) is 0 Å². The Bertz CT molecular complexity index is 1820. The lowest BCUT2D eigenvalue weighted by atomic mass is 9.96. The van der Waals surface area contributed by atoms with Crippen LogP contribution in [-0.2, 0) is 6.54 Å². The van der Waals surface area contributed by atoms with Gasteiger partial charge >= 0.3 is 0 Å². The number of carbonyl (C=O) groups excluding carboxylic acids is 1. The Morgan fingerprint density at radius 1 is 0.758 bits per heavy atom. The number of carbonyl (C=O) groups is 1. The summed E-state index contributed by atoms with van der Waals surface area (Å²) >= 11 is 7.35. The molecule has 7 rings (SSSR count). The zero-order chi connectivity index (χ0) is 22.8. The molecule has 33 heavy (non-hydrogen) atoms. The van der Waals surface area contributed by atoms with Crippen molar-refractivity contribution in [2.24, 2.45) is 0 Å². The average molecular weight is 504 g/mol. The van der Waals surface area contributed by atoms with E-state index >= 15 is 0 Å². The molecule has 0 radical (unpaired) electrons. The quantitative estimate of drug-likeness (QED) is 0.219. The molecule has 6 heteroatoms. The van der Waals surface area contributed by atoms with E-state index in [1.54, 1.807) is 11.3 Å². The third kappa shape index (κ3) is 2.61. The third-order valence-corrected chi connectivity index (χ3v) is 11.8. The zero-order valence-corrected chi connectivity index (χ0v) is 22.3. The predicted molar refractivity (Wildman–Crippen MR) is 148 cm³/mol. The van der Waals surface area contributed by atoms with Crippen LogP contribution in [0.25, 0.3) is 50.8 Å². The fourth-order valence-electron chi connectivity index (χ4n) is 5.39. The topological polar surface area (TPSA) is 20.3 Å². The lowest BCUT2D eigenvalue weighted by Gasteiger charge is -2.08. The Morgan fingerprint density at radius 2 is 1.42 bits per heavy atom. The molecule has 0 N–H and O–H groups in total. The average Bonchev–Trinajstić information content (AvgIpc) is 3.55. The molecule has 2 nitrogen and oxygen atoms in total. The van der Waals surface area contributed by atoms with Gasteiger partial charge < -0.3 is 4.90 Å². The van der Waals surface area contributed by atoms with Crippen LogP contribution in [0.1, 0.15) is 36.1 Å². The second-order valence-corrected chi connectivity index (χ2v) is 13.8. The number of rotatable bonds is 1. The van der Waals surface area contributed by atoms with Crippen LogP contribution in [0.4, 0.5) is 0 Å². The molecular weight excluding hydrogens is 483 g/mol. The van der Waals surface area contributed by atoms with E-state index in [1.807, 2.05) is 46.0 Å². The van der Waals surface area contributed by atoms with Crippen LogP contribution < -0.4 is 0 Å². The predicted octanol–water partition coefficient (Wildman–Crippen LogP) is 9.03. The molecule has 0 spiro atoms. The van der Waals surface area contributed by atoms with E-state index in [9.17, 15) is 4.79 Å². The molecule has 0 saturated heterocycles. The smallest absolute Gasteiger partial charge is 0.264 e. The van der Waals surface area contributed by atoms with Crippen LogP contribution in [-0.4, -0.2) is 17.9 Å². The number of aryl methyl sites for hydroxylation is 4. The second kappa shape index (κ2) is 6.66. The summed E-state index contributed by atoms with van der Waals surface area (Å²) in [7, 11) is 1.90. The van der Waals surface area contributed by atoms with Gasteiger partial charge in [0.1, 0.15) is 0 Å². The summed E-state index contributed by atoms with van der Waals surface area (Å²) in [4.78, 5) is 20.7. The van der Waals surface area contributed by atoms with Gasteiger partial charge in [-0.1, -0.05) is 0 Å². The SMILES string of the molecule is Cc1cc2c(C)c3cc4sc(-c5sc(C)c6c7c(sc56)C(=O)N(C)C7)cc4c(C)c3cc2s1. The van der Waals surface area contributed by atoms with Gasteiger partial charge in [-0.3, -0.25) is 4.79 Å². The maximum Gasteiger partial charge on any atom is 0.264 e. The molecule has 0 unspecified atom stereocenters. The first-order valence-corrected chi connectivity index (χ1v) is 14.3. The van der Waals surface area contributed by atoms with Gasteiger partial charge in [-0.05, 0) is 84.6 Å². The highest BCUT2D eigenvalue weighted by Crippen LogP contribution is 2.51. The van der Waals surface area contributed by atoms with E-state index in [2.05, 4.69) is 52.0 Å². The van der Waals surface area contributed by atoms with Crippen LogP contribution >= 0.6 is 45.3 Å². The first-order chi connectivity index (χ1) is 15.8. The molecule has 1 aliphatic rings. The van der Waals surface area contributed by atoms with Crippen LogP contribution in [0.2, 0.25) is 0 Å². The van der Waals surface area contributed by atoms with Crippen molar-refractivity contribution in [2.45, 2.75) is 34.2 Å². The molecule has 5 heterocycles. The molecule has 6 aromatic rings. The minimum atomic E-state index is 0.172. The van der Waals surface area contributed by atoms with Gasteiger partial charge in [0.15, 0.2) is 0 Å². The molecule has 0 atom stereocenters. The normalized spacial score (nSPS) is 14.1. The number of fused-ring (bicyclic) bond motifs is 6. The van der Waals surface area contributed by atoms with Crippen LogP contribution in [0.3, 0.4) is 0 Å². The molecular formula is C27H21NOS4. The minimum absolute atomic E-state index is 0.172. The Kier molecular flexibility index (Phi) is 4.07. The van der Waals surface area contributed by atoms with Crippen molar-refractivity contribution in [3.05, 3.63) is 55.6 Å². The van der Waals surface area contributed by atoms with Crippen molar-refractivity contribution < 1.29 is 4.79 Å². The van der Waals surface area contributed by atoms with E-state index in [0.717, 1.165) is 11.4 Å². The molecule has 0 fully saturated rings. The Hall–Kier alpha value is -2.25. The van der Waals surface area contributed by atoms with E-state index in [1.165, 1.54) is 77.2 Å². The van der Waals surface area contributed by atoms with Crippen molar-refractivity contribution in [3.63, 3.8) is 0 Å². The Balaban J connectivity index is 1.49.